The number of benzene rings is 2. The number of hydrogen-bond donors (Lipinski definition) is 2. The number of carbonyl (C=O) groups excluding carboxylic acids is 1. The van der Waals surface area contributed by atoms with Gasteiger partial charge in [-0.1, -0.05) is 18.2 Å². The van der Waals surface area contributed by atoms with E-state index in [1.165, 1.54) is 19.2 Å². The van der Waals surface area contributed by atoms with E-state index >= 15 is 0 Å². The van der Waals surface area contributed by atoms with Gasteiger partial charge in [-0.15, -0.1) is 0 Å². The van der Waals surface area contributed by atoms with Gasteiger partial charge in [-0.3, -0.25) is 0 Å². The Balaban J connectivity index is 2.08. The van der Waals surface area contributed by atoms with Crippen LogP contribution in [-0.2, 0) is 11.2 Å². The van der Waals surface area contributed by atoms with Crippen LogP contribution in [0.15, 0.2) is 42.5 Å². The molecule has 0 saturated heterocycles. The number of nitrogen functional groups attached to an aromatic ring is 1. The van der Waals surface area contributed by atoms with E-state index in [0.717, 1.165) is 5.56 Å². The predicted octanol–water partition coefficient (Wildman–Crippen LogP) is 2.85. The minimum Gasteiger partial charge on any atom is -0.465 e. The molecule has 0 spiro atoms. The molecule has 2 aromatic carbocycles. The number of esters is 1. The summed E-state index contributed by atoms with van der Waals surface area (Å²) in [6, 6.07) is 11.4. The first-order valence-electron chi connectivity index (χ1n) is 6.57. The highest BCUT2D eigenvalue weighted by Gasteiger charge is 2.13. The Morgan fingerprint density at radius 2 is 2.05 bits per heavy atom. The quantitative estimate of drug-likeness (QED) is 0.656. The average molecular weight is 288 g/mol. The molecule has 0 saturated carbocycles. The molecule has 0 aliphatic rings. The third-order valence-electron chi connectivity index (χ3n) is 3.11. The van der Waals surface area contributed by atoms with E-state index in [2.05, 4.69) is 5.32 Å². The van der Waals surface area contributed by atoms with Gasteiger partial charge in [0, 0.05) is 6.54 Å². The van der Waals surface area contributed by atoms with Crippen LogP contribution in [0.4, 0.5) is 15.8 Å². The summed E-state index contributed by atoms with van der Waals surface area (Å²) in [5, 5.41) is 3.12. The molecule has 0 unspecified atom stereocenters. The van der Waals surface area contributed by atoms with Crippen molar-refractivity contribution in [2.24, 2.45) is 0 Å². The van der Waals surface area contributed by atoms with Crippen LogP contribution in [-0.4, -0.2) is 19.6 Å². The Morgan fingerprint density at radius 1 is 1.29 bits per heavy atom. The fourth-order valence-electron chi connectivity index (χ4n) is 2.07. The summed E-state index contributed by atoms with van der Waals surface area (Å²) >= 11 is 0. The lowest BCUT2D eigenvalue weighted by Crippen LogP contribution is -2.12. The van der Waals surface area contributed by atoms with Crippen molar-refractivity contribution in [3.63, 3.8) is 0 Å². The third kappa shape index (κ3) is 3.72. The Bertz CT molecular complexity index is 644. The maximum atomic E-state index is 13.1. The summed E-state index contributed by atoms with van der Waals surface area (Å²) in [5.41, 5.74) is 8.16. The van der Waals surface area contributed by atoms with E-state index < -0.39 is 5.97 Å². The lowest BCUT2D eigenvalue weighted by atomic mass is 10.1. The van der Waals surface area contributed by atoms with Crippen LogP contribution in [0.2, 0.25) is 0 Å². The van der Waals surface area contributed by atoms with E-state index in [4.69, 9.17) is 10.5 Å². The number of rotatable bonds is 5. The third-order valence-corrected chi connectivity index (χ3v) is 3.11. The molecule has 3 N–H and O–H groups in total. The molecule has 110 valence electrons. The normalized spacial score (nSPS) is 10.2. The summed E-state index contributed by atoms with van der Waals surface area (Å²) in [4.78, 5) is 11.7. The fraction of sp³-hybridized carbons (Fsp3) is 0.188. The highest BCUT2D eigenvalue weighted by atomic mass is 19.1. The molecule has 0 aliphatic heterocycles. The average Bonchev–Trinajstić information content (AvgIpc) is 2.48. The van der Waals surface area contributed by atoms with Crippen LogP contribution < -0.4 is 11.1 Å². The molecule has 0 atom stereocenters. The van der Waals surface area contributed by atoms with Gasteiger partial charge in [-0.25, -0.2) is 9.18 Å². The van der Waals surface area contributed by atoms with E-state index in [1.807, 2.05) is 6.07 Å². The minimum atomic E-state index is -0.449. The van der Waals surface area contributed by atoms with Crippen molar-refractivity contribution >= 4 is 17.3 Å². The van der Waals surface area contributed by atoms with Gasteiger partial charge in [0.05, 0.1) is 24.0 Å². The number of ether oxygens (including phenoxy) is 1. The second-order valence-electron chi connectivity index (χ2n) is 4.57. The lowest BCUT2D eigenvalue weighted by molar-refractivity contribution is 0.0602. The monoisotopic (exact) mass is 288 g/mol. The van der Waals surface area contributed by atoms with E-state index in [-0.39, 0.29) is 5.82 Å². The number of hydrogen-bond acceptors (Lipinski definition) is 4. The zero-order chi connectivity index (χ0) is 15.2. The van der Waals surface area contributed by atoms with Gasteiger partial charge >= 0.3 is 5.97 Å². The molecule has 0 amide bonds. The summed E-state index contributed by atoms with van der Waals surface area (Å²) in [7, 11) is 1.32. The molecule has 2 rings (SSSR count). The van der Waals surface area contributed by atoms with Crippen LogP contribution >= 0.6 is 0 Å². The number of para-hydroxylation sites is 1. The summed E-state index contributed by atoms with van der Waals surface area (Å²) in [6.07, 6.45) is 0.618. The standard InChI is InChI=1S/C16H17FN2O2/c1-21-16(20)13-6-3-7-14(18)15(13)19-9-8-11-4-2-5-12(17)10-11/h2-7,10,19H,8-9,18H2,1H3. The number of methoxy groups -OCH3 is 1. The minimum absolute atomic E-state index is 0.262. The lowest BCUT2D eigenvalue weighted by Gasteiger charge is -2.13. The van der Waals surface area contributed by atoms with Gasteiger partial charge in [-0.2, -0.15) is 0 Å². The van der Waals surface area contributed by atoms with Crippen LogP contribution in [0.5, 0.6) is 0 Å². The van der Waals surface area contributed by atoms with Crippen molar-refractivity contribution in [3.05, 3.63) is 59.4 Å². The number of carbonyl (C=O) groups is 1. The van der Waals surface area contributed by atoms with Gasteiger partial charge in [0.1, 0.15) is 5.82 Å². The van der Waals surface area contributed by atoms with Gasteiger partial charge < -0.3 is 15.8 Å². The fourth-order valence-corrected chi connectivity index (χ4v) is 2.07. The zero-order valence-corrected chi connectivity index (χ0v) is 11.7. The van der Waals surface area contributed by atoms with Gasteiger partial charge in [0.15, 0.2) is 0 Å². The Labute approximate surface area is 122 Å². The van der Waals surface area contributed by atoms with Gasteiger partial charge in [-0.05, 0) is 36.2 Å². The highest BCUT2D eigenvalue weighted by molar-refractivity contribution is 5.98. The number of nitrogens with one attached hydrogen (secondary N) is 1. The van der Waals surface area contributed by atoms with E-state index in [9.17, 15) is 9.18 Å². The molecule has 5 heteroatoms. The van der Waals surface area contributed by atoms with Gasteiger partial charge in [0.25, 0.3) is 0 Å². The first-order chi connectivity index (χ1) is 10.1. The Morgan fingerprint density at radius 3 is 2.76 bits per heavy atom. The van der Waals surface area contributed by atoms with Crippen molar-refractivity contribution in [1.82, 2.24) is 0 Å². The largest absolute Gasteiger partial charge is 0.465 e. The molecule has 21 heavy (non-hydrogen) atoms. The van der Waals surface area contributed by atoms with Crippen molar-refractivity contribution in [2.45, 2.75) is 6.42 Å². The molecular weight excluding hydrogens is 271 g/mol. The van der Waals surface area contributed by atoms with Gasteiger partial charge in [0.2, 0.25) is 0 Å². The number of halogens is 1. The second kappa shape index (κ2) is 6.74. The Hall–Kier alpha value is -2.56. The maximum Gasteiger partial charge on any atom is 0.340 e. The second-order valence-corrected chi connectivity index (χ2v) is 4.57. The first-order valence-corrected chi connectivity index (χ1v) is 6.57. The molecule has 0 bridgehead atoms. The first kappa shape index (κ1) is 14.8. The summed E-state index contributed by atoms with van der Waals surface area (Å²) in [6.45, 7) is 0.529. The van der Waals surface area contributed by atoms with E-state index in [1.54, 1.807) is 24.3 Å². The molecule has 0 aliphatic carbocycles. The van der Waals surface area contributed by atoms with Crippen LogP contribution in [0, 0.1) is 5.82 Å². The number of nitrogens with two attached hydrogens (primary N) is 1. The molecule has 0 heterocycles. The molecular formula is C16H17FN2O2. The topological polar surface area (TPSA) is 64.3 Å². The molecule has 0 fully saturated rings. The highest BCUT2D eigenvalue weighted by Crippen LogP contribution is 2.24. The zero-order valence-electron chi connectivity index (χ0n) is 11.7. The molecule has 2 aromatic rings. The van der Waals surface area contributed by atoms with E-state index in [0.29, 0.717) is 29.9 Å². The SMILES string of the molecule is COC(=O)c1cccc(N)c1NCCc1cccc(F)c1. The predicted molar refractivity (Wildman–Crippen MR) is 80.8 cm³/mol. The van der Waals surface area contributed by atoms with Crippen molar-refractivity contribution < 1.29 is 13.9 Å². The molecule has 0 radical (unpaired) electrons. The van der Waals surface area contributed by atoms with Crippen molar-refractivity contribution in [3.8, 4) is 0 Å². The Kier molecular flexibility index (Phi) is 4.77. The number of anilines is 2. The summed E-state index contributed by atoms with van der Waals surface area (Å²) in [5.74, 6) is -0.711. The van der Waals surface area contributed by atoms with Crippen LogP contribution in [0.1, 0.15) is 15.9 Å². The maximum absolute atomic E-state index is 13.1. The van der Waals surface area contributed by atoms with Crippen molar-refractivity contribution in [1.29, 1.82) is 0 Å². The van der Waals surface area contributed by atoms with Crippen LogP contribution in [0.25, 0.3) is 0 Å². The smallest absolute Gasteiger partial charge is 0.340 e. The summed E-state index contributed by atoms with van der Waals surface area (Å²) < 4.78 is 17.8. The van der Waals surface area contributed by atoms with Crippen molar-refractivity contribution in [2.75, 3.05) is 24.7 Å². The van der Waals surface area contributed by atoms with Crippen LogP contribution in [0.3, 0.4) is 0 Å². The molecule has 4 nitrogen and oxygen atoms in total. The molecule has 0 aromatic heterocycles.